The Morgan fingerprint density at radius 3 is 2.48 bits per heavy atom. The zero-order valence-corrected chi connectivity index (χ0v) is 16.3. The Morgan fingerprint density at radius 2 is 1.83 bits per heavy atom. The summed E-state index contributed by atoms with van der Waals surface area (Å²) in [6.07, 6.45) is -3.56. The third-order valence-electron chi connectivity index (χ3n) is 5.06. The van der Waals surface area contributed by atoms with E-state index in [0.717, 1.165) is 18.0 Å². The fraction of sp³-hybridized carbons (Fsp3) is 0.300. The van der Waals surface area contributed by atoms with Crippen LogP contribution in [-0.2, 0) is 6.18 Å². The smallest absolute Gasteiger partial charge is 0.368 e. The van der Waals surface area contributed by atoms with Crippen molar-refractivity contribution >= 4 is 28.8 Å². The summed E-state index contributed by atoms with van der Waals surface area (Å²) in [5.41, 5.74) is 1.05. The monoisotopic (exact) mass is 422 g/mol. The zero-order chi connectivity index (χ0) is 20.8. The lowest BCUT2D eigenvalue weighted by molar-refractivity contribution is -0.137. The molecular weight excluding hydrogens is 405 g/mol. The standard InChI is InChI=1S/C20H18ClF3N4O/c1-13-18(28-12-14(20(22,23)24)5-6-17(28)25-13)19(29)27-9-7-26(8-10-27)16-4-2-3-15(21)11-16/h2-6,11-12H,7-10H2,1H3. The molecule has 29 heavy (non-hydrogen) atoms. The molecule has 0 N–H and O–H groups in total. The summed E-state index contributed by atoms with van der Waals surface area (Å²) in [6, 6.07) is 9.75. The second-order valence-electron chi connectivity index (χ2n) is 6.95. The predicted molar refractivity (Wildman–Crippen MR) is 104 cm³/mol. The van der Waals surface area contributed by atoms with Gasteiger partial charge in [-0.1, -0.05) is 17.7 Å². The SMILES string of the molecule is Cc1nc2ccc(C(F)(F)F)cn2c1C(=O)N1CCN(c2cccc(Cl)c2)CC1. The van der Waals surface area contributed by atoms with Gasteiger partial charge in [0.1, 0.15) is 11.3 Å². The van der Waals surface area contributed by atoms with Crippen molar-refractivity contribution in [2.45, 2.75) is 13.1 Å². The number of amides is 1. The molecule has 4 rings (SSSR count). The number of halogens is 4. The maximum atomic E-state index is 13.1. The van der Waals surface area contributed by atoms with Gasteiger partial charge in [-0.15, -0.1) is 0 Å². The average Bonchev–Trinajstić information content (AvgIpc) is 3.02. The van der Waals surface area contributed by atoms with Crippen molar-refractivity contribution in [1.82, 2.24) is 14.3 Å². The van der Waals surface area contributed by atoms with Crippen molar-refractivity contribution in [3.05, 3.63) is 64.6 Å². The number of anilines is 1. The van der Waals surface area contributed by atoms with Crippen LogP contribution in [0.25, 0.3) is 5.65 Å². The first-order valence-electron chi connectivity index (χ1n) is 9.10. The Kier molecular flexibility index (Phi) is 4.90. The van der Waals surface area contributed by atoms with Gasteiger partial charge in [-0.25, -0.2) is 4.98 Å². The molecule has 1 fully saturated rings. The highest BCUT2D eigenvalue weighted by Crippen LogP contribution is 2.30. The van der Waals surface area contributed by atoms with E-state index in [4.69, 9.17) is 11.6 Å². The lowest BCUT2D eigenvalue weighted by Gasteiger charge is -2.36. The molecule has 2 aromatic heterocycles. The number of pyridine rings is 1. The number of hydrogen-bond donors (Lipinski definition) is 0. The van der Waals surface area contributed by atoms with Gasteiger partial charge < -0.3 is 9.80 Å². The van der Waals surface area contributed by atoms with Gasteiger partial charge in [0.15, 0.2) is 0 Å². The molecule has 0 aliphatic carbocycles. The molecule has 0 radical (unpaired) electrons. The number of imidazole rings is 1. The first-order valence-corrected chi connectivity index (χ1v) is 9.47. The quantitative estimate of drug-likeness (QED) is 0.619. The van der Waals surface area contributed by atoms with Crippen LogP contribution in [-0.4, -0.2) is 46.4 Å². The highest BCUT2D eigenvalue weighted by atomic mass is 35.5. The zero-order valence-electron chi connectivity index (χ0n) is 15.6. The van der Waals surface area contributed by atoms with E-state index >= 15 is 0 Å². The van der Waals surface area contributed by atoms with Crippen molar-refractivity contribution in [3.63, 3.8) is 0 Å². The summed E-state index contributed by atoms with van der Waals surface area (Å²) >= 11 is 6.05. The molecular formula is C20H18ClF3N4O. The number of aromatic nitrogens is 2. The summed E-state index contributed by atoms with van der Waals surface area (Å²) in [7, 11) is 0. The Labute approximate surface area is 170 Å². The number of rotatable bonds is 2. The Morgan fingerprint density at radius 1 is 1.10 bits per heavy atom. The molecule has 0 unspecified atom stereocenters. The van der Waals surface area contributed by atoms with Crippen molar-refractivity contribution in [3.8, 4) is 0 Å². The molecule has 1 aromatic carbocycles. The molecule has 0 spiro atoms. The highest BCUT2D eigenvalue weighted by molar-refractivity contribution is 6.30. The Hall–Kier alpha value is -2.74. The minimum absolute atomic E-state index is 0.169. The number of carbonyl (C=O) groups excluding carboxylic acids is 1. The van der Waals surface area contributed by atoms with Crippen LogP contribution in [0.4, 0.5) is 18.9 Å². The number of benzene rings is 1. The summed E-state index contributed by atoms with van der Waals surface area (Å²) < 4.78 is 40.5. The molecule has 0 bridgehead atoms. The lowest BCUT2D eigenvalue weighted by atomic mass is 10.2. The van der Waals surface area contributed by atoms with E-state index in [2.05, 4.69) is 9.88 Å². The Bertz CT molecular complexity index is 1070. The predicted octanol–water partition coefficient (Wildman–Crippen LogP) is 4.28. The van der Waals surface area contributed by atoms with Gasteiger partial charge in [0.05, 0.1) is 11.3 Å². The van der Waals surface area contributed by atoms with Gasteiger partial charge >= 0.3 is 6.18 Å². The molecule has 1 aliphatic heterocycles. The van der Waals surface area contributed by atoms with Gasteiger partial charge in [0.2, 0.25) is 0 Å². The molecule has 3 aromatic rings. The third kappa shape index (κ3) is 3.76. The minimum Gasteiger partial charge on any atom is -0.368 e. The van der Waals surface area contributed by atoms with Crippen LogP contribution in [0.15, 0.2) is 42.6 Å². The van der Waals surface area contributed by atoms with Gasteiger partial charge in [-0.05, 0) is 37.3 Å². The number of fused-ring (bicyclic) bond motifs is 1. The Balaban J connectivity index is 1.57. The van der Waals surface area contributed by atoms with Gasteiger partial charge in [-0.3, -0.25) is 9.20 Å². The minimum atomic E-state index is -4.49. The van der Waals surface area contributed by atoms with Crippen LogP contribution < -0.4 is 4.90 Å². The highest BCUT2D eigenvalue weighted by Gasteiger charge is 2.32. The fourth-order valence-corrected chi connectivity index (χ4v) is 3.76. The molecule has 1 saturated heterocycles. The number of piperazine rings is 1. The molecule has 3 heterocycles. The maximum Gasteiger partial charge on any atom is 0.417 e. The maximum absolute atomic E-state index is 13.1. The summed E-state index contributed by atoms with van der Waals surface area (Å²) in [5.74, 6) is -0.319. The summed E-state index contributed by atoms with van der Waals surface area (Å²) in [6.45, 7) is 3.76. The van der Waals surface area contributed by atoms with Crippen LogP contribution >= 0.6 is 11.6 Å². The second-order valence-corrected chi connectivity index (χ2v) is 7.39. The normalized spacial score (nSPS) is 15.2. The number of carbonyl (C=O) groups is 1. The molecule has 0 saturated carbocycles. The number of hydrogen-bond acceptors (Lipinski definition) is 3. The first kappa shape index (κ1) is 19.6. The van der Waals surface area contributed by atoms with Crippen molar-refractivity contribution < 1.29 is 18.0 Å². The van der Waals surface area contributed by atoms with E-state index in [9.17, 15) is 18.0 Å². The van der Waals surface area contributed by atoms with E-state index < -0.39 is 11.7 Å². The first-order chi connectivity index (χ1) is 13.7. The van der Waals surface area contributed by atoms with E-state index in [1.807, 2.05) is 18.2 Å². The largest absolute Gasteiger partial charge is 0.417 e. The molecule has 5 nitrogen and oxygen atoms in total. The number of nitrogens with zero attached hydrogens (tertiary/aromatic N) is 4. The number of alkyl halides is 3. The van der Waals surface area contributed by atoms with Crippen molar-refractivity contribution in [2.75, 3.05) is 31.1 Å². The van der Waals surface area contributed by atoms with E-state index in [1.54, 1.807) is 17.9 Å². The van der Waals surface area contributed by atoms with Gasteiger partial charge in [0.25, 0.3) is 5.91 Å². The third-order valence-corrected chi connectivity index (χ3v) is 5.30. The van der Waals surface area contributed by atoms with Crippen LogP contribution in [0.5, 0.6) is 0 Å². The van der Waals surface area contributed by atoms with Crippen LogP contribution in [0, 0.1) is 6.92 Å². The van der Waals surface area contributed by atoms with Crippen molar-refractivity contribution in [1.29, 1.82) is 0 Å². The van der Waals surface area contributed by atoms with Crippen LogP contribution in [0.1, 0.15) is 21.7 Å². The summed E-state index contributed by atoms with van der Waals surface area (Å²) in [5, 5.41) is 0.642. The molecule has 1 aliphatic rings. The molecule has 9 heteroatoms. The molecule has 152 valence electrons. The van der Waals surface area contributed by atoms with E-state index in [1.165, 1.54) is 10.5 Å². The van der Waals surface area contributed by atoms with E-state index in [0.29, 0.717) is 42.5 Å². The average molecular weight is 423 g/mol. The van der Waals surface area contributed by atoms with Crippen molar-refractivity contribution in [2.24, 2.45) is 0 Å². The van der Waals surface area contributed by atoms with E-state index in [-0.39, 0.29) is 11.6 Å². The lowest BCUT2D eigenvalue weighted by Crippen LogP contribution is -2.49. The van der Waals surface area contributed by atoms with Gasteiger partial charge in [0, 0.05) is 43.1 Å². The van der Waals surface area contributed by atoms with Crippen LogP contribution in [0.3, 0.4) is 0 Å². The topological polar surface area (TPSA) is 40.9 Å². The molecule has 1 amide bonds. The summed E-state index contributed by atoms with van der Waals surface area (Å²) in [4.78, 5) is 21.1. The van der Waals surface area contributed by atoms with Gasteiger partial charge in [-0.2, -0.15) is 13.2 Å². The van der Waals surface area contributed by atoms with Crippen LogP contribution in [0.2, 0.25) is 5.02 Å². The fourth-order valence-electron chi connectivity index (χ4n) is 3.58. The number of aryl methyl sites for hydroxylation is 1. The second kappa shape index (κ2) is 7.26. The molecule has 0 atom stereocenters.